The number of hydrogen-bond acceptors (Lipinski definition) is 4. The smallest absolute Gasteiger partial charge is 0.271 e. The average molecular weight is 502 g/mol. The van der Waals surface area contributed by atoms with Crippen LogP contribution in [0.5, 0.6) is 0 Å². The van der Waals surface area contributed by atoms with Gasteiger partial charge in [0.25, 0.3) is 5.91 Å². The van der Waals surface area contributed by atoms with Gasteiger partial charge >= 0.3 is 0 Å². The summed E-state index contributed by atoms with van der Waals surface area (Å²) in [5, 5.41) is 15.2. The van der Waals surface area contributed by atoms with Gasteiger partial charge in [0.05, 0.1) is 6.07 Å². The predicted molar refractivity (Wildman–Crippen MR) is 122 cm³/mol. The number of benzene rings is 1. The Morgan fingerprint density at radius 1 is 1.31 bits per heavy atom. The third-order valence-corrected chi connectivity index (χ3v) is 7.64. The summed E-state index contributed by atoms with van der Waals surface area (Å²) >= 11 is 0. The van der Waals surface area contributed by atoms with E-state index in [1.54, 1.807) is 6.07 Å². The van der Waals surface area contributed by atoms with Crippen LogP contribution >= 0.6 is 0 Å². The highest BCUT2D eigenvalue weighted by molar-refractivity contribution is 6.01. The molecule has 3 fully saturated rings. The Kier molecular flexibility index (Phi) is 6.14. The van der Waals surface area contributed by atoms with E-state index in [4.69, 9.17) is 0 Å². The maximum atomic E-state index is 14.2. The number of alkyl halides is 2. The molecule has 8 nitrogen and oxygen atoms in total. The van der Waals surface area contributed by atoms with Crippen LogP contribution in [0.4, 0.5) is 13.2 Å². The zero-order valence-electron chi connectivity index (χ0n) is 19.4. The van der Waals surface area contributed by atoms with E-state index in [1.165, 1.54) is 23.1 Å². The molecule has 3 aliphatic rings. The van der Waals surface area contributed by atoms with Gasteiger partial charge in [-0.15, -0.1) is 0 Å². The molecule has 3 amide bonds. The summed E-state index contributed by atoms with van der Waals surface area (Å²) in [5.41, 5.74) is 0.455. The molecular formula is C25H26F3N5O3. The van der Waals surface area contributed by atoms with Gasteiger partial charge in [-0.1, -0.05) is 6.07 Å². The van der Waals surface area contributed by atoms with Crippen LogP contribution in [-0.2, 0) is 9.59 Å². The van der Waals surface area contributed by atoms with Gasteiger partial charge in [0.1, 0.15) is 23.6 Å². The number of rotatable bonds is 5. The molecule has 1 aliphatic carbocycles. The van der Waals surface area contributed by atoms with Gasteiger partial charge in [0, 0.05) is 42.8 Å². The van der Waals surface area contributed by atoms with E-state index in [-0.39, 0.29) is 30.0 Å². The van der Waals surface area contributed by atoms with Crippen molar-refractivity contribution in [2.24, 2.45) is 17.8 Å². The molecule has 0 spiro atoms. The third-order valence-electron chi connectivity index (χ3n) is 7.64. The van der Waals surface area contributed by atoms with Gasteiger partial charge in [-0.3, -0.25) is 14.4 Å². The van der Waals surface area contributed by atoms with Crippen LogP contribution in [0.2, 0.25) is 0 Å². The first-order valence-electron chi connectivity index (χ1n) is 12.1. The zero-order valence-corrected chi connectivity index (χ0v) is 19.4. The predicted octanol–water partition coefficient (Wildman–Crippen LogP) is 2.72. The molecule has 0 radical (unpaired) electrons. The number of nitriles is 1. The summed E-state index contributed by atoms with van der Waals surface area (Å²) in [6.07, 6.45) is 0.471. The lowest BCUT2D eigenvalue weighted by molar-refractivity contribution is -0.129. The lowest BCUT2D eigenvalue weighted by Crippen LogP contribution is -2.52. The fourth-order valence-electron chi connectivity index (χ4n) is 5.98. The summed E-state index contributed by atoms with van der Waals surface area (Å²) in [6.45, 7) is 0.518. The van der Waals surface area contributed by atoms with Gasteiger partial charge in [0.15, 0.2) is 0 Å². The molecule has 0 bridgehead atoms. The zero-order chi connectivity index (χ0) is 25.6. The number of H-pyrrole nitrogens is 1. The van der Waals surface area contributed by atoms with Crippen molar-refractivity contribution in [1.82, 2.24) is 20.5 Å². The average Bonchev–Trinajstić information content (AvgIpc) is 3.49. The van der Waals surface area contributed by atoms with Crippen molar-refractivity contribution in [3.05, 3.63) is 35.8 Å². The van der Waals surface area contributed by atoms with Gasteiger partial charge < -0.3 is 20.5 Å². The number of nitrogens with zero attached hydrogens (tertiary/aromatic N) is 2. The van der Waals surface area contributed by atoms with E-state index in [1.807, 2.05) is 6.07 Å². The van der Waals surface area contributed by atoms with E-state index < -0.39 is 66.2 Å². The molecule has 3 N–H and O–H groups in total. The largest absolute Gasteiger partial charge is 0.356 e. The summed E-state index contributed by atoms with van der Waals surface area (Å²) < 4.78 is 42.6. The Balaban J connectivity index is 1.39. The summed E-state index contributed by atoms with van der Waals surface area (Å²) in [4.78, 5) is 43.0. The summed E-state index contributed by atoms with van der Waals surface area (Å²) in [7, 11) is 0. The SMILES string of the molecule is N#C[C@@H](C[C@H]1CCCNC1=O)NC(=O)[C@H]1[C@@H]2CC(F)(F)C[C@@H]2CN1C(=O)c1cc2c(F)cccc2[nH]1. The first-order valence-corrected chi connectivity index (χ1v) is 12.1. The molecule has 2 aliphatic heterocycles. The number of nitrogens with one attached hydrogen (secondary N) is 3. The van der Waals surface area contributed by atoms with E-state index >= 15 is 0 Å². The lowest BCUT2D eigenvalue weighted by Gasteiger charge is -2.29. The molecule has 2 saturated heterocycles. The van der Waals surface area contributed by atoms with E-state index in [9.17, 15) is 32.8 Å². The van der Waals surface area contributed by atoms with Gasteiger partial charge in [-0.2, -0.15) is 5.26 Å². The monoisotopic (exact) mass is 501 g/mol. The second kappa shape index (κ2) is 9.15. The first kappa shape index (κ1) is 24.2. The molecule has 36 heavy (non-hydrogen) atoms. The van der Waals surface area contributed by atoms with Crippen LogP contribution in [0.1, 0.15) is 42.6 Å². The fraction of sp³-hybridized carbons (Fsp3) is 0.520. The molecule has 1 aromatic carbocycles. The Bertz CT molecular complexity index is 1260. The topological polar surface area (TPSA) is 118 Å². The molecule has 5 atom stereocenters. The lowest BCUT2D eigenvalue weighted by atomic mass is 9.90. The molecular weight excluding hydrogens is 475 g/mol. The number of aromatic amines is 1. The van der Waals surface area contributed by atoms with Crippen LogP contribution in [-0.4, -0.2) is 58.7 Å². The number of hydrogen-bond donors (Lipinski definition) is 3. The Hall–Kier alpha value is -3.55. The van der Waals surface area contributed by atoms with Crippen molar-refractivity contribution in [2.45, 2.75) is 50.1 Å². The van der Waals surface area contributed by atoms with E-state index in [0.717, 1.165) is 6.42 Å². The summed E-state index contributed by atoms with van der Waals surface area (Å²) in [6, 6.07) is 5.49. The van der Waals surface area contributed by atoms with Crippen molar-refractivity contribution in [3.63, 3.8) is 0 Å². The number of halogens is 3. The number of amides is 3. The highest BCUT2D eigenvalue weighted by Crippen LogP contribution is 2.50. The number of likely N-dealkylation sites (tertiary alicyclic amines) is 1. The molecule has 190 valence electrons. The maximum absolute atomic E-state index is 14.2. The molecule has 1 saturated carbocycles. The van der Waals surface area contributed by atoms with Crippen LogP contribution in [0.25, 0.3) is 10.9 Å². The fourth-order valence-corrected chi connectivity index (χ4v) is 5.98. The van der Waals surface area contributed by atoms with Crippen molar-refractivity contribution in [2.75, 3.05) is 13.1 Å². The normalized spacial score (nSPS) is 27.8. The van der Waals surface area contributed by atoms with Crippen LogP contribution in [0, 0.1) is 34.9 Å². The minimum atomic E-state index is -2.94. The van der Waals surface area contributed by atoms with Gasteiger partial charge in [-0.25, -0.2) is 13.2 Å². The van der Waals surface area contributed by atoms with Crippen molar-refractivity contribution in [3.8, 4) is 6.07 Å². The van der Waals surface area contributed by atoms with Gasteiger partial charge in [0.2, 0.25) is 17.7 Å². The number of carbonyl (C=O) groups excluding carboxylic acids is 3. The number of aromatic nitrogens is 1. The van der Waals surface area contributed by atoms with E-state index in [0.29, 0.717) is 18.5 Å². The standard InChI is InChI=1S/C25H26F3N5O3/c26-18-4-1-5-19-16(18)8-20(32-19)24(36)33-12-14-9-25(27,28)10-17(14)21(33)23(35)31-15(11-29)7-13-3-2-6-30-22(13)34/h1,4-5,8,13-15,17,21,32H,2-3,6-7,9-10,12H2,(H,30,34)(H,31,35)/t13-,14-,15-,17-,21-/m1/s1. The third kappa shape index (κ3) is 4.40. The maximum Gasteiger partial charge on any atom is 0.271 e. The second-order valence-electron chi connectivity index (χ2n) is 10.0. The quantitative estimate of drug-likeness (QED) is 0.584. The Morgan fingerprint density at radius 3 is 2.83 bits per heavy atom. The minimum absolute atomic E-state index is 0.0444. The Labute approximate surface area is 205 Å². The first-order chi connectivity index (χ1) is 17.2. The molecule has 11 heteroatoms. The minimum Gasteiger partial charge on any atom is -0.356 e. The van der Waals surface area contributed by atoms with Crippen molar-refractivity contribution in [1.29, 1.82) is 5.26 Å². The molecule has 1 aromatic heterocycles. The molecule has 0 unspecified atom stereocenters. The molecule has 5 rings (SSSR count). The van der Waals surface area contributed by atoms with Crippen molar-refractivity contribution < 1.29 is 27.6 Å². The van der Waals surface area contributed by atoms with Crippen LogP contribution < -0.4 is 10.6 Å². The molecule has 2 aromatic rings. The van der Waals surface area contributed by atoms with Crippen molar-refractivity contribution >= 4 is 28.6 Å². The number of fused-ring (bicyclic) bond motifs is 2. The summed E-state index contributed by atoms with van der Waals surface area (Å²) in [5.74, 6) is -6.72. The highest BCUT2D eigenvalue weighted by Gasteiger charge is 2.58. The van der Waals surface area contributed by atoms with Crippen LogP contribution in [0.15, 0.2) is 24.3 Å². The number of carbonyl (C=O) groups is 3. The van der Waals surface area contributed by atoms with Gasteiger partial charge in [-0.05, 0) is 49.3 Å². The van der Waals surface area contributed by atoms with Crippen LogP contribution in [0.3, 0.4) is 0 Å². The molecule has 3 heterocycles. The second-order valence-corrected chi connectivity index (χ2v) is 10.0. The van der Waals surface area contributed by atoms with E-state index in [2.05, 4.69) is 15.6 Å². The number of piperidine rings is 1. The Morgan fingerprint density at radius 2 is 2.11 bits per heavy atom. The highest BCUT2D eigenvalue weighted by atomic mass is 19.3.